The number of halogens is 1. The van der Waals surface area contributed by atoms with E-state index in [0.29, 0.717) is 0 Å². The lowest BCUT2D eigenvalue weighted by Crippen LogP contribution is -2.23. The van der Waals surface area contributed by atoms with Gasteiger partial charge >= 0.3 is 0 Å². The van der Waals surface area contributed by atoms with Crippen LogP contribution >= 0.6 is 15.9 Å². The molecule has 2 unspecified atom stereocenters. The minimum atomic E-state index is -0.619. The Morgan fingerprint density at radius 1 is 1.39 bits per heavy atom. The van der Waals surface area contributed by atoms with Crippen molar-refractivity contribution < 1.29 is 14.6 Å². The molecule has 4 nitrogen and oxygen atoms in total. The molecule has 102 valence electrons. The predicted octanol–water partition coefficient (Wildman–Crippen LogP) is 2.12. The van der Waals surface area contributed by atoms with Crippen LogP contribution in [0.3, 0.4) is 0 Å². The van der Waals surface area contributed by atoms with Crippen LogP contribution in [0.2, 0.25) is 0 Å². The summed E-state index contributed by atoms with van der Waals surface area (Å²) in [6, 6.07) is 6.07. The first-order chi connectivity index (χ1) is 8.58. The van der Waals surface area contributed by atoms with E-state index in [0.717, 1.165) is 15.8 Å². The summed E-state index contributed by atoms with van der Waals surface area (Å²) >= 11 is 3.42. The Balaban J connectivity index is 2.76. The number of aliphatic hydroxyl groups is 1. The minimum absolute atomic E-state index is 0.188. The van der Waals surface area contributed by atoms with Crippen molar-refractivity contribution in [2.45, 2.75) is 19.1 Å². The maximum atomic E-state index is 9.59. The van der Waals surface area contributed by atoms with E-state index < -0.39 is 6.10 Å². The van der Waals surface area contributed by atoms with E-state index in [-0.39, 0.29) is 19.3 Å². The molecule has 0 amide bonds. The molecule has 0 fully saturated rings. The summed E-state index contributed by atoms with van der Waals surface area (Å²) in [4.78, 5) is 0. The molecule has 1 aromatic rings. The maximum Gasteiger partial charge on any atom is 0.125 e. The molecular weight excluding hydrogens is 298 g/mol. The van der Waals surface area contributed by atoms with E-state index in [4.69, 9.17) is 9.47 Å². The van der Waals surface area contributed by atoms with Gasteiger partial charge in [-0.3, -0.25) is 0 Å². The molecule has 0 bridgehead atoms. The SMILES string of the molecule is CNC(C)c1ccc(Br)cc1OCC(O)COC. The molecule has 2 atom stereocenters. The van der Waals surface area contributed by atoms with Crippen molar-refractivity contribution >= 4 is 15.9 Å². The highest BCUT2D eigenvalue weighted by Crippen LogP contribution is 2.28. The Morgan fingerprint density at radius 2 is 2.11 bits per heavy atom. The van der Waals surface area contributed by atoms with Gasteiger partial charge in [0.15, 0.2) is 0 Å². The normalized spacial score (nSPS) is 14.3. The topological polar surface area (TPSA) is 50.7 Å². The second-order valence-electron chi connectivity index (χ2n) is 4.11. The fraction of sp³-hybridized carbons (Fsp3) is 0.538. The first-order valence-electron chi connectivity index (χ1n) is 5.85. The van der Waals surface area contributed by atoms with E-state index >= 15 is 0 Å². The summed E-state index contributed by atoms with van der Waals surface area (Å²) in [5, 5.41) is 12.8. The average Bonchev–Trinajstić information content (AvgIpc) is 2.36. The fourth-order valence-electron chi connectivity index (χ4n) is 1.57. The third kappa shape index (κ3) is 4.57. The zero-order valence-electron chi connectivity index (χ0n) is 10.9. The van der Waals surface area contributed by atoms with Gasteiger partial charge < -0.3 is 19.9 Å². The van der Waals surface area contributed by atoms with Crippen molar-refractivity contribution in [1.82, 2.24) is 5.32 Å². The van der Waals surface area contributed by atoms with Crippen molar-refractivity contribution in [2.24, 2.45) is 0 Å². The molecule has 1 rings (SSSR count). The predicted molar refractivity (Wildman–Crippen MR) is 75.0 cm³/mol. The second-order valence-corrected chi connectivity index (χ2v) is 5.03. The van der Waals surface area contributed by atoms with E-state index in [9.17, 15) is 5.11 Å². The summed E-state index contributed by atoms with van der Waals surface area (Å²) in [5.74, 6) is 0.765. The molecule has 0 aliphatic rings. The highest BCUT2D eigenvalue weighted by atomic mass is 79.9. The maximum absolute atomic E-state index is 9.59. The van der Waals surface area contributed by atoms with Crippen LogP contribution in [0.5, 0.6) is 5.75 Å². The van der Waals surface area contributed by atoms with Gasteiger partial charge in [0.25, 0.3) is 0 Å². The van der Waals surface area contributed by atoms with Crippen molar-refractivity contribution in [3.8, 4) is 5.75 Å². The standard InChI is InChI=1S/C13H20BrNO3/c1-9(15-2)12-5-4-10(14)6-13(12)18-8-11(16)7-17-3/h4-6,9,11,15-16H,7-8H2,1-3H3. The van der Waals surface area contributed by atoms with Gasteiger partial charge in [0, 0.05) is 23.2 Å². The number of nitrogens with one attached hydrogen (secondary N) is 1. The molecular formula is C13H20BrNO3. The van der Waals surface area contributed by atoms with Crippen LogP contribution in [0.1, 0.15) is 18.5 Å². The number of hydrogen-bond acceptors (Lipinski definition) is 4. The molecule has 0 radical (unpaired) electrons. The van der Waals surface area contributed by atoms with Crippen LogP contribution in [0, 0.1) is 0 Å². The lowest BCUT2D eigenvalue weighted by Gasteiger charge is -2.18. The fourth-order valence-corrected chi connectivity index (χ4v) is 1.91. The average molecular weight is 318 g/mol. The summed E-state index contributed by atoms with van der Waals surface area (Å²) < 4.78 is 11.5. The second kappa shape index (κ2) is 7.74. The Bertz CT molecular complexity index is 373. The highest BCUT2D eigenvalue weighted by Gasteiger charge is 2.12. The minimum Gasteiger partial charge on any atom is -0.490 e. The van der Waals surface area contributed by atoms with Gasteiger partial charge in [0.1, 0.15) is 18.5 Å². The first-order valence-corrected chi connectivity index (χ1v) is 6.64. The summed E-state index contributed by atoms with van der Waals surface area (Å²) in [6.45, 7) is 2.54. The van der Waals surface area contributed by atoms with Crippen LogP contribution < -0.4 is 10.1 Å². The first kappa shape index (κ1) is 15.4. The van der Waals surface area contributed by atoms with Gasteiger partial charge in [-0.1, -0.05) is 22.0 Å². The molecule has 0 aliphatic heterocycles. The molecule has 0 aliphatic carbocycles. The van der Waals surface area contributed by atoms with Gasteiger partial charge in [0.05, 0.1) is 6.61 Å². The van der Waals surface area contributed by atoms with Gasteiger partial charge in [-0.2, -0.15) is 0 Å². The van der Waals surface area contributed by atoms with Gasteiger partial charge in [-0.15, -0.1) is 0 Å². The number of hydrogen-bond donors (Lipinski definition) is 2. The summed E-state index contributed by atoms with van der Waals surface area (Å²) in [7, 11) is 3.45. The van der Waals surface area contributed by atoms with Crippen LogP contribution in [0.4, 0.5) is 0 Å². The molecule has 1 aromatic carbocycles. The van der Waals surface area contributed by atoms with Crippen molar-refractivity contribution in [1.29, 1.82) is 0 Å². The highest BCUT2D eigenvalue weighted by molar-refractivity contribution is 9.10. The van der Waals surface area contributed by atoms with Crippen LogP contribution in [-0.2, 0) is 4.74 Å². The van der Waals surface area contributed by atoms with Crippen molar-refractivity contribution in [3.05, 3.63) is 28.2 Å². The summed E-state index contributed by atoms with van der Waals surface area (Å²) in [5.41, 5.74) is 1.06. The number of ether oxygens (including phenoxy) is 2. The van der Waals surface area contributed by atoms with Crippen molar-refractivity contribution in [2.75, 3.05) is 27.4 Å². The molecule has 0 spiro atoms. The Hall–Kier alpha value is -0.620. The largest absolute Gasteiger partial charge is 0.490 e. The van der Waals surface area contributed by atoms with Crippen molar-refractivity contribution in [3.63, 3.8) is 0 Å². The van der Waals surface area contributed by atoms with Gasteiger partial charge in [-0.05, 0) is 26.1 Å². The van der Waals surface area contributed by atoms with Crippen LogP contribution in [0.25, 0.3) is 0 Å². The Labute approximate surface area is 116 Å². The zero-order valence-corrected chi connectivity index (χ0v) is 12.5. The molecule has 0 saturated carbocycles. The number of methoxy groups -OCH3 is 1. The van der Waals surface area contributed by atoms with Crippen LogP contribution in [0.15, 0.2) is 22.7 Å². The lowest BCUT2D eigenvalue weighted by atomic mass is 10.1. The van der Waals surface area contributed by atoms with Gasteiger partial charge in [0.2, 0.25) is 0 Å². The Morgan fingerprint density at radius 3 is 2.72 bits per heavy atom. The monoisotopic (exact) mass is 317 g/mol. The molecule has 0 heterocycles. The molecule has 5 heteroatoms. The molecule has 0 saturated heterocycles. The smallest absolute Gasteiger partial charge is 0.125 e. The van der Waals surface area contributed by atoms with E-state index in [1.165, 1.54) is 0 Å². The van der Waals surface area contributed by atoms with E-state index in [1.54, 1.807) is 7.11 Å². The lowest BCUT2D eigenvalue weighted by molar-refractivity contribution is 0.0322. The van der Waals surface area contributed by atoms with Crippen LogP contribution in [-0.4, -0.2) is 38.6 Å². The summed E-state index contributed by atoms with van der Waals surface area (Å²) in [6.07, 6.45) is -0.619. The van der Waals surface area contributed by atoms with E-state index in [1.807, 2.05) is 25.2 Å². The molecule has 18 heavy (non-hydrogen) atoms. The quantitative estimate of drug-likeness (QED) is 0.808. The third-order valence-corrected chi connectivity index (χ3v) is 3.16. The number of aliphatic hydroxyl groups excluding tert-OH is 1. The molecule has 0 aromatic heterocycles. The Kier molecular flexibility index (Phi) is 6.63. The molecule has 2 N–H and O–H groups in total. The van der Waals surface area contributed by atoms with E-state index in [2.05, 4.69) is 28.2 Å². The number of rotatable bonds is 7. The zero-order chi connectivity index (χ0) is 13.5. The third-order valence-electron chi connectivity index (χ3n) is 2.67. The number of benzene rings is 1. The van der Waals surface area contributed by atoms with Gasteiger partial charge in [-0.25, -0.2) is 0 Å².